The fraction of sp³-hybridized carbons (Fsp3) is 0.238. The number of carbonyl (C=O) groups excluding carboxylic acids is 1. The predicted molar refractivity (Wildman–Crippen MR) is 108 cm³/mol. The van der Waals surface area contributed by atoms with Crippen molar-refractivity contribution in [2.45, 2.75) is 12.5 Å². The lowest BCUT2D eigenvalue weighted by Gasteiger charge is -2.26. The third-order valence-corrected chi connectivity index (χ3v) is 5.28. The standard InChI is InChI=1S/C21H20ClN3O4/c1-29-14-5-2-4-12(10-14)20-17-18(15-11-13(22)6-7-16(15)27)23-24-19(17)21(28)25(20)8-3-9-26/h2,4-7,10-11,20,26-27H,3,8-9H2,1H3,(H,23,24). The van der Waals surface area contributed by atoms with Crippen LogP contribution in [0.25, 0.3) is 11.3 Å². The number of amides is 1. The van der Waals surface area contributed by atoms with Gasteiger partial charge in [0.15, 0.2) is 0 Å². The van der Waals surface area contributed by atoms with Crippen molar-refractivity contribution in [2.75, 3.05) is 20.3 Å². The van der Waals surface area contributed by atoms with E-state index in [-0.39, 0.29) is 18.3 Å². The number of nitrogens with zero attached hydrogens (tertiary/aromatic N) is 2. The summed E-state index contributed by atoms with van der Waals surface area (Å²) in [6.07, 6.45) is 0.446. The van der Waals surface area contributed by atoms with E-state index < -0.39 is 6.04 Å². The van der Waals surface area contributed by atoms with E-state index in [9.17, 15) is 15.0 Å². The molecule has 0 saturated carbocycles. The van der Waals surface area contributed by atoms with Crippen molar-refractivity contribution in [1.29, 1.82) is 0 Å². The zero-order chi connectivity index (χ0) is 20.5. The first-order valence-electron chi connectivity index (χ1n) is 9.18. The second-order valence-corrected chi connectivity index (χ2v) is 7.21. The minimum Gasteiger partial charge on any atom is -0.507 e. The third kappa shape index (κ3) is 3.32. The molecule has 1 aromatic heterocycles. The van der Waals surface area contributed by atoms with Crippen LogP contribution in [-0.2, 0) is 0 Å². The zero-order valence-corrected chi connectivity index (χ0v) is 16.5. The number of aromatic hydroxyl groups is 1. The van der Waals surface area contributed by atoms with Crippen LogP contribution in [0.2, 0.25) is 5.02 Å². The number of benzene rings is 2. The van der Waals surface area contributed by atoms with Crippen LogP contribution < -0.4 is 4.74 Å². The maximum atomic E-state index is 13.1. The molecular formula is C21H20ClN3O4. The Labute approximate surface area is 172 Å². The van der Waals surface area contributed by atoms with Crippen LogP contribution in [0.15, 0.2) is 42.5 Å². The molecular weight excluding hydrogens is 394 g/mol. The highest BCUT2D eigenvalue weighted by Crippen LogP contribution is 2.45. The minimum absolute atomic E-state index is 0.0225. The summed E-state index contributed by atoms with van der Waals surface area (Å²) in [6, 6.07) is 11.7. The molecule has 0 spiro atoms. The topological polar surface area (TPSA) is 98.7 Å². The summed E-state index contributed by atoms with van der Waals surface area (Å²) >= 11 is 6.13. The molecule has 0 fully saturated rings. The molecule has 2 aromatic carbocycles. The van der Waals surface area contributed by atoms with Gasteiger partial charge in [0.1, 0.15) is 22.9 Å². The fourth-order valence-electron chi connectivity index (χ4n) is 3.73. The minimum atomic E-state index is -0.439. The lowest BCUT2D eigenvalue weighted by atomic mass is 9.95. The molecule has 2 heterocycles. The Balaban J connectivity index is 1.90. The number of ether oxygens (including phenoxy) is 1. The number of nitrogens with one attached hydrogen (secondary N) is 1. The first-order chi connectivity index (χ1) is 14.0. The van der Waals surface area contributed by atoms with Crippen LogP contribution >= 0.6 is 11.6 Å². The third-order valence-electron chi connectivity index (χ3n) is 5.04. The zero-order valence-electron chi connectivity index (χ0n) is 15.7. The van der Waals surface area contributed by atoms with E-state index in [1.165, 1.54) is 6.07 Å². The summed E-state index contributed by atoms with van der Waals surface area (Å²) in [5.74, 6) is 0.483. The van der Waals surface area contributed by atoms with E-state index in [0.717, 1.165) is 5.56 Å². The number of carbonyl (C=O) groups is 1. The summed E-state index contributed by atoms with van der Waals surface area (Å²) in [4.78, 5) is 14.8. The molecule has 8 heteroatoms. The van der Waals surface area contributed by atoms with E-state index in [4.69, 9.17) is 16.3 Å². The van der Waals surface area contributed by atoms with Crippen LogP contribution in [0.3, 0.4) is 0 Å². The molecule has 0 saturated heterocycles. The first-order valence-corrected chi connectivity index (χ1v) is 9.56. The van der Waals surface area contributed by atoms with Crippen molar-refractivity contribution in [3.63, 3.8) is 0 Å². The molecule has 29 heavy (non-hydrogen) atoms. The van der Waals surface area contributed by atoms with E-state index in [2.05, 4.69) is 10.2 Å². The van der Waals surface area contributed by atoms with Gasteiger partial charge in [0.25, 0.3) is 5.91 Å². The lowest BCUT2D eigenvalue weighted by molar-refractivity contribution is 0.0732. The Morgan fingerprint density at radius 2 is 2.10 bits per heavy atom. The summed E-state index contributed by atoms with van der Waals surface area (Å²) in [5, 5.41) is 27.3. The van der Waals surface area contributed by atoms with Gasteiger partial charge in [0.05, 0.1) is 13.2 Å². The highest BCUT2D eigenvalue weighted by atomic mass is 35.5. The van der Waals surface area contributed by atoms with Gasteiger partial charge >= 0.3 is 0 Å². The van der Waals surface area contributed by atoms with Gasteiger partial charge in [-0.05, 0) is 42.3 Å². The molecule has 3 N–H and O–H groups in total. The Morgan fingerprint density at radius 1 is 1.28 bits per heavy atom. The molecule has 4 rings (SSSR count). The number of phenolic OH excluding ortho intramolecular Hbond substituents is 1. The van der Waals surface area contributed by atoms with Crippen molar-refractivity contribution in [2.24, 2.45) is 0 Å². The summed E-state index contributed by atoms with van der Waals surface area (Å²) in [6.45, 7) is 0.351. The number of aromatic amines is 1. The van der Waals surface area contributed by atoms with Crippen molar-refractivity contribution in [3.8, 4) is 22.8 Å². The Bertz CT molecular complexity index is 1070. The Kier molecular flexibility index (Phi) is 5.17. The monoisotopic (exact) mass is 413 g/mol. The number of hydrogen-bond donors (Lipinski definition) is 3. The van der Waals surface area contributed by atoms with Crippen LogP contribution in [-0.4, -0.2) is 51.5 Å². The van der Waals surface area contributed by atoms with Crippen LogP contribution in [0.5, 0.6) is 11.5 Å². The van der Waals surface area contributed by atoms with Gasteiger partial charge in [-0.3, -0.25) is 9.89 Å². The number of halogens is 1. The number of aliphatic hydroxyl groups excluding tert-OH is 1. The van der Waals surface area contributed by atoms with Gasteiger partial charge in [0, 0.05) is 29.3 Å². The number of rotatable bonds is 6. The van der Waals surface area contributed by atoms with Crippen LogP contribution in [0.1, 0.15) is 34.1 Å². The van der Waals surface area contributed by atoms with E-state index in [0.29, 0.717) is 46.3 Å². The summed E-state index contributed by atoms with van der Waals surface area (Å²) in [7, 11) is 1.58. The summed E-state index contributed by atoms with van der Waals surface area (Å²) in [5.41, 5.74) is 2.79. The maximum absolute atomic E-state index is 13.1. The van der Waals surface area contributed by atoms with E-state index in [1.807, 2.05) is 24.3 Å². The quantitative estimate of drug-likeness (QED) is 0.575. The van der Waals surface area contributed by atoms with Gasteiger partial charge in [0.2, 0.25) is 0 Å². The Hall–Kier alpha value is -3.03. The molecule has 3 aromatic rings. The Morgan fingerprint density at radius 3 is 2.86 bits per heavy atom. The molecule has 1 unspecified atom stereocenters. The maximum Gasteiger partial charge on any atom is 0.273 e. The normalized spacial score (nSPS) is 15.6. The highest BCUT2D eigenvalue weighted by molar-refractivity contribution is 6.31. The van der Waals surface area contributed by atoms with E-state index >= 15 is 0 Å². The number of fused-ring (bicyclic) bond motifs is 1. The average molecular weight is 414 g/mol. The second-order valence-electron chi connectivity index (χ2n) is 6.78. The molecule has 7 nitrogen and oxygen atoms in total. The van der Waals surface area contributed by atoms with Crippen LogP contribution in [0.4, 0.5) is 0 Å². The van der Waals surface area contributed by atoms with Crippen LogP contribution in [0, 0.1) is 0 Å². The molecule has 0 aliphatic carbocycles. The van der Waals surface area contributed by atoms with Gasteiger partial charge in [-0.2, -0.15) is 5.10 Å². The summed E-state index contributed by atoms with van der Waals surface area (Å²) < 4.78 is 5.35. The van der Waals surface area contributed by atoms with Crippen molar-refractivity contribution in [1.82, 2.24) is 15.1 Å². The van der Waals surface area contributed by atoms with E-state index in [1.54, 1.807) is 24.1 Å². The molecule has 0 radical (unpaired) electrons. The molecule has 1 aliphatic heterocycles. The van der Waals surface area contributed by atoms with Crippen molar-refractivity contribution < 1.29 is 19.7 Å². The first kappa shape index (κ1) is 19.3. The molecule has 1 atom stereocenters. The molecule has 1 aliphatic rings. The smallest absolute Gasteiger partial charge is 0.273 e. The average Bonchev–Trinajstić information content (AvgIpc) is 3.27. The number of hydrogen-bond acceptors (Lipinski definition) is 5. The van der Waals surface area contributed by atoms with Gasteiger partial charge < -0.3 is 19.8 Å². The number of H-pyrrole nitrogens is 1. The van der Waals surface area contributed by atoms with Gasteiger partial charge in [-0.15, -0.1) is 0 Å². The largest absolute Gasteiger partial charge is 0.507 e. The molecule has 1 amide bonds. The number of methoxy groups -OCH3 is 1. The SMILES string of the molecule is COc1cccc(C2c3c(-c4cc(Cl)ccc4O)n[nH]c3C(=O)N2CCCO)c1. The van der Waals surface area contributed by atoms with Gasteiger partial charge in [-0.1, -0.05) is 23.7 Å². The van der Waals surface area contributed by atoms with Crippen molar-refractivity contribution >= 4 is 17.5 Å². The number of aromatic nitrogens is 2. The molecule has 150 valence electrons. The van der Waals surface area contributed by atoms with Crippen molar-refractivity contribution in [3.05, 3.63) is 64.3 Å². The molecule has 0 bridgehead atoms. The number of phenols is 1. The predicted octanol–water partition coefficient (Wildman–Crippen LogP) is 3.37. The number of aliphatic hydroxyl groups is 1. The second kappa shape index (κ2) is 7.77. The highest BCUT2D eigenvalue weighted by Gasteiger charge is 2.42. The van der Waals surface area contributed by atoms with Gasteiger partial charge in [-0.25, -0.2) is 0 Å². The lowest BCUT2D eigenvalue weighted by Crippen LogP contribution is -2.31. The fourth-order valence-corrected chi connectivity index (χ4v) is 3.90.